The molecule has 1 heterocycles. The van der Waals surface area contributed by atoms with Crippen molar-refractivity contribution in [3.05, 3.63) is 138 Å². The number of alkyl halides is 3. The second-order valence-electron chi connectivity index (χ2n) is 10.3. The Morgan fingerprint density at radius 3 is 1.67 bits per heavy atom. The third-order valence-electron chi connectivity index (χ3n) is 6.97. The second kappa shape index (κ2) is 14.9. The highest BCUT2D eigenvalue weighted by Crippen LogP contribution is 2.33. The van der Waals surface area contributed by atoms with Crippen molar-refractivity contribution in [2.45, 2.75) is 50.4 Å². The van der Waals surface area contributed by atoms with Gasteiger partial charge < -0.3 is 23.7 Å². The van der Waals surface area contributed by atoms with Crippen molar-refractivity contribution in [1.82, 2.24) is 0 Å². The van der Waals surface area contributed by atoms with Gasteiger partial charge in [-0.3, -0.25) is 0 Å². The lowest BCUT2D eigenvalue weighted by atomic mass is 9.98. The molecule has 0 amide bonds. The number of aliphatic imine (C=N–C) groups is 1. The van der Waals surface area contributed by atoms with E-state index in [0.717, 1.165) is 5.56 Å². The fourth-order valence-corrected chi connectivity index (χ4v) is 4.74. The lowest BCUT2D eigenvalue weighted by Crippen LogP contribution is -2.61. The molecule has 0 radical (unpaired) electrons. The van der Waals surface area contributed by atoms with Crippen LogP contribution in [0.4, 0.5) is 18.9 Å². The Labute approximate surface area is 263 Å². The van der Waals surface area contributed by atoms with Gasteiger partial charge in [0.05, 0.1) is 29.5 Å². The van der Waals surface area contributed by atoms with Gasteiger partial charge in [-0.25, -0.2) is 14.6 Å². The van der Waals surface area contributed by atoms with E-state index in [-0.39, 0.29) is 23.4 Å². The molecule has 1 aliphatic rings. The fraction of sp³-hybridized carbons (Fsp3) is 0.229. The Hall–Kier alpha value is -5.00. The first-order valence-electron chi connectivity index (χ1n) is 14.4. The topological polar surface area (TPSA) is 92.6 Å². The van der Waals surface area contributed by atoms with Crippen molar-refractivity contribution >= 4 is 23.5 Å². The smallest absolute Gasteiger partial charge is 0.452 e. The third kappa shape index (κ3) is 8.38. The lowest BCUT2D eigenvalue weighted by molar-refractivity contribution is -0.284. The first kappa shape index (κ1) is 32.4. The molecule has 0 spiro atoms. The molecule has 1 fully saturated rings. The quantitative estimate of drug-likeness (QED) is 0.111. The van der Waals surface area contributed by atoms with Crippen molar-refractivity contribution in [2.24, 2.45) is 4.99 Å². The highest BCUT2D eigenvalue weighted by molar-refractivity contribution is 5.90. The normalized spacial score (nSPS) is 21.7. The van der Waals surface area contributed by atoms with Crippen LogP contribution in [0.25, 0.3) is 0 Å². The van der Waals surface area contributed by atoms with Gasteiger partial charge >= 0.3 is 18.1 Å². The van der Waals surface area contributed by atoms with Crippen molar-refractivity contribution in [3.63, 3.8) is 0 Å². The van der Waals surface area contributed by atoms with Gasteiger partial charge in [-0.1, -0.05) is 84.9 Å². The van der Waals surface area contributed by atoms with Crippen LogP contribution >= 0.6 is 0 Å². The van der Waals surface area contributed by atoms with Crippen molar-refractivity contribution in [3.8, 4) is 0 Å². The summed E-state index contributed by atoms with van der Waals surface area (Å²) >= 11 is 0. The number of hydrogen-bond donors (Lipinski definition) is 0. The van der Waals surface area contributed by atoms with Gasteiger partial charge in [-0.2, -0.15) is 13.2 Å². The Kier molecular flexibility index (Phi) is 10.5. The zero-order valence-corrected chi connectivity index (χ0v) is 24.6. The number of esters is 2. The van der Waals surface area contributed by atoms with E-state index in [1.165, 1.54) is 55.5 Å². The van der Waals surface area contributed by atoms with Gasteiger partial charge in [0.1, 0.15) is 6.10 Å². The zero-order valence-electron chi connectivity index (χ0n) is 24.6. The van der Waals surface area contributed by atoms with Crippen molar-refractivity contribution < 1.29 is 46.4 Å². The van der Waals surface area contributed by atoms with E-state index in [2.05, 4.69) is 4.99 Å². The maximum Gasteiger partial charge on any atom is 0.468 e. The number of halogens is 3. The van der Waals surface area contributed by atoms with Gasteiger partial charge in [0.2, 0.25) is 12.4 Å². The number of carbonyl (C=O) groups excluding carboxylic acids is 2. The minimum Gasteiger partial charge on any atom is -0.452 e. The van der Waals surface area contributed by atoms with Crippen LogP contribution in [0.1, 0.15) is 33.2 Å². The Morgan fingerprint density at radius 2 is 1.15 bits per heavy atom. The average molecular weight is 634 g/mol. The molecule has 0 unspecified atom stereocenters. The summed E-state index contributed by atoms with van der Waals surface area (Å²) in [6.07, 6.45) is -12.3. The zero-order chi connectivity index (χ0) is 32.5. The number of hydrogen-bond acceptors (Lipinski definition) is 8. The van der Waals surface area contributed by atoms with Crippen LogP contribution in [0.3, 0.4) is 0 Å². The highest BCUT2D eigenvalue weighted by atomic mass is 19.4. The minimum absolute atomic E-state index is 0.0345. The molecule has 5 rings (SSSR count). The molecule has 46 heavy (non-hydrogen) atoms. The van der Waals surface area contributed by atoms with Crippen LogP contribution in [0.15, 0.2) is 126 Å². The molecular formula is C35H30F3NO7. The third-order valence-corrected chi connectivity index (χ3v) is 6.97. The summed E-state index contributed by atoms with van der Waals surface area (Å²) in [7, 11) is 0. The summed E-state index contributed by atoms with van der Waals surface area (Å²) in [5, 5.41) is 0. The number of carbonyl (C=O) groups is 2. The Balaban J connectivity index is 1.54. The molecule has 0 aromatic heterocycles. The van der Waals surface area contributed by atoms with Gasteiger partial charge in [0, 0.05) is 0 Å². The molecule has 11 heteroatoms. The Bertz CT molecular complexity index is 1600. The van der Waals surface area contributed by atoms with Crippen molar-refractivity contribution in [2.75, 3.05) is 0 Å². The molecule has 238 valence electrons. The number of nitrogens with zero attached hydrogens (tertiary/aromatic N) is 1. The van der Waals surface area contributed by atoms with Crippen LogP contribution in [0.2, 0.25) is 0 Å². The molecule has 1 saturated heterocycles. The van der Waals surface area contributed by atoms with Gasteiger partial charge in [-0.15, -0.1) is 0 Å². The average Bonchev–Trinajstić information content (AvgIpc) is 3.07. The van der Waals surface area contributed by atoms with E-state index >= 15 is 0 Å². The molecule has 0 saturated carbocycles. The molecular weight excluding hydrogens is 603 g/mol. The predicted molar refractivity (Wildman–Crippen MR) is 161 cm³/mol. The van der Waals surface area contributed by atoms with E-state index in [1.807, 2.05) is 30.3 Å². The predicted octanol–water partition coefficient (Wildman–Crippen LogP) is 7.08. The standard InChI is InChI=1S/C35H30F3NO7/c1-23-28(42-22-24-14-6-2-7-15-24)29(44-31(40)25-16-8-3-9-17-25)30(45-32(41)26-18-10-4-11-19-26)33(43-23)46-34(35(36,37)38)39-27-20-12-5-13-21-27/h2-21,23,28-30,33H,22H2,1H3/t23-,28-,29+,30+,33-/m0/s1. The lowest BCUT2D eigenvalue weighted by Gasteiger charge is -2.44. The fourth-order valence-electron chi connectivity index (χ4n) is 4.74. The largest absolute Gasteiger partial charge is 0.468 e. The van der Waals surface area contributed by atoms with Gasteiger partial charge in [0.15, 0.2) is 6.10 Å². The maximum absolute atomic E-state index is 14.3. The number of benzene rings is 4. The highest BCUT2D eigenvalue weighted by Gasteiger charge is 2.53. The monoisotopic (exact) mass is 633 g/mol. The molecule has 4 aromatic carbocycles. The minimum atomic E-state index is -5.06. The van der Waals surface area contributed by atoms with E-state index in [4.69, 9.17) is 23.7 Å². The summed E-state index contributed by atoms with van der Waals surface area (Å²) in [6.45, 7) is 1.57. The SMILES string of the molecule is C[C@@H]1O[C@@H](OC(=Nc2ccccc2)C(F)(F)F)[C@H](OC(=O)c2ccccc2)[C@H](OC(=O)c2ccccc2)[C@H]1OCc1ccccc1. The summed E-state index contributed by atoms with van der Waals surface area (Å²) in [4.78, 5) is 30.4. The Morgan fingerprint density at radius 1 is 0.674 bits per heavy atom. The van der Waals surface area contributed by atoms with E-state index in [1.54, 1.807) is 42.5 Å². The van der Waals surface area contributed by atoms with Crippen LogP contribution < -0.4 is 0 Å². The number of rotatable bonds is 9. The second-order valence-corrected chi connectivity index (χ2v) is 10.3. The van der Waals surface area contributed by atoms with Gasteiger partial charge in [-0.05, 0) is 48.9 Å². The summed E-state index contributed by atoms with van der Waals surface area (Å²) in [5.74, 6) is -3.37. The molecule has 8 nitrogen and oxygen atoms in total. The van der Waals surface area contributed by atoms with Crippen LogP contribution in [-0.2, 0) is 30.3 Å². The molecule has 0 N–H and O–H groups in total. The molecule has 0 aliphatic carbocycles. The summed E-state index contributed by atoms with van der Waals surface area (Å²) in [5.41, 5.74) is 1.00. The van der Waals surface area contributed by atoms with E-state index in [9.17, 15) is 22.8 Å². The molecule has 5 atom stereocenters. The number of para-hydroxylation sites is 1. The summed E-state index contributed by atoms with van der Waals surface area (Å²) in [6, 6.07) is 32.3. The summed E-state index contributed by atoms with van der Waals surface area (Å²) < 4.78 is 72.0. The number of ether oxygens (including phenoxy) is 5. The maximum atomic E-state index is 14.3. The first-order valence-corrected chi connectivity index (χ1v) is 14.4. The van der Waals surface area contributed by atoms with Gasteiger partial charge in [0.25, 0.3) is 5.90 Å². The first-order chi connectivity index (χ1) is 22.2. The van der Waals surface area contributed by atoms with Crippen LogP contribution in [0, 0.1) is 0 Å². The van der Waals surface area contributed by atoms with E-state index < -0.39 is 54.7 Å². The van der Waals surface area contributed by atoms with Crippen LogP contribution in [-0.4, -0.2) is 54.7 Å². The van der Waals surface area contributed by atoms with Crippen molar-refractivity contribution in [1.29, 1.82) is 0 Å². The van der Waals surface area contributed by atoms with E-state index in [0.29, 0.717) is 0 Å². The van der Waals surface area contributed by atoms with Crippen LogP contribution in [0.5, 0.6) is 0 Å². The molecule has 4 aromatic rings. The molecule has 1 aliphatic heterocycles. The molecule has 0 bridgehead atoms.